The summed E-state index contributed by atoms with van der Waals surface area (Å²) in [6, 6.07) is 4.33. The molecule has 1 atom stereocenters. The molecule has 114 valence electrons. The van der Waals surface area contributed by atoms with Crippen LogP contribution in [0.5, 0.6) is 5.75 Å². The largest absolute Gasteiger partial charge is 0.492 e. The van der Waals surface area contributed by atoms with Crippen LogP contribution in [0.4, 0.5) is 4.39 Å². The molecule has 1 N–H and O–H groups in total. The minimum atomic E-state index is -0.338. The Hall–Kier alpha value is -1.57. The number of aliphatic hydroxyl groups excluding tert-OH is 1. The summed E-state index contributed by atoms with van der Waals surface area (Å²) in [6.45, 7) is 1.44. The Kier molecular flexibility index (Phi) is 6.52. The van der Waals surface area contributed by atoms with Gasteiger partial charge in [0.05, 0.1) is 24.9 Å². The van der Waals surface area contributed by atoms with Gasteiger partial charge in [-0.25, -0.2) is 4.39 Å². The maximum atomic E-state index is 13.3. The zero-order valence-corrected chi connectivity index (χ0v) is 12.1. The van der Waals surface area contributed by atoms with E-state index in [9.17, 15) is 4.39 Å². The van der Waals surface area contributed by atoms with E-state index in [0.29, 0.717) is 30.4 Å². The molecule has 0 saturated carbocycles. The van der Waals surface area contributed by atoms with Crippen molar-refractivity contribution in [1.29, 1.82) is 0 Å². The van der Waals surface area contributed by atoms with Crippen molar-refractivity contribution < 1.29 is 19.0 Å². The summed E-state index contributed by atoms with van der Waals surface area (Å²) >= 11 is 0. The van der Waals surface area contributed by atoms with E-state index in [2.05, 4.69) is 11.8 Å². The summed E-state index contributed by atoms with van der Waals surface area (Å²) in [6.07, 6.45) is 4.92. The maximum absolute atomic E-state index is 13.3. The van der Waals surface area contributed by atoms with Gasteiger partial charge in [-0.15, -0.1) is 0 Å². The van der Waals surface area contributed by atoms with Gasteiger partial charge in [0.25, 0.3) is 0 Å². The normalized spacial score (nSPS) is 17.3. The van der Waals surface area contributed by atoms with Crippen LogP contribution in [0.15, 0.2) is 18.2 Å². The van der Waals surface area contributed by atoms with Crippen molar-refractivity contribution in [2.24, 2.45) is 0 Å². The predicted molar refractivity (Wildman–Crippen MR) is 78.7 cm³/mol. The molecule has 0 aliphatic carbocycles. The van der Waals surface area contributed by atoms with Crippen LogP contribution in [-0.2, 0) is 4.74 Å². The molecule has 1 aromatic carbocycles. The molecule has 1 heterocycles. The molecule has 0 amide bonds. The van der Waals surface area contributed by atoms with Crippen LogP contribution in [0, 0.1) is 17.7 Å². The molecule has 1 saturated heterocycles. The minimum absolute atomic E-state index is 0.000105. The first kappa shape index (κ1) is 15.8. The Morgan fingerprint density at radius 1 is 1.43 bits per heavy atom. The first-order valence-electron chi connectivity index (χ1n) is 7.43. The summed E-state index contributed by atoms with van der Waals surface area (Å²) in [5.41, 5.74) is 0.528. The molecule has 1 aromatic rings. The van der Waals surface area contributed by atoms with E-state index >= 15 is 0 Å². The third kappa shape index (κ3) is 5.37. The fourth-order valence-electron chi connectivity index (χ4n) is 2.30. The average Bonchev–Trinajstić information content (AvgIpc) is 2.99. The summed E-state index contributed by atoms with van der Waals surface area (Å²) in [4.78, 5) is 0. The Morgan fingerprint density at radius 2 is 2.33 bits per heavy atom. The fourth-order valence-corrected chi connectivity index (χ4v) is 2.30. The van der Waals surface area contributed by atoms with Crippen LogP contribution in [0.3, 0.4) is 0 Å². The molecule has 21 heavy (non-hydrogen) atoms. The Balaban J connectivity index is 1.85. The van der Waals surface area contributed by atoms with E-state index in [1.807, 2.05) is 0 Å². The summed E-state index contributed by atoms with van der Waals surface area (Å²) < 4.78 is 24.5. The molecular weight excluding hydrogens is 271 g/mol. The molecule has 0 aromatic heterocycles. The second-order valence-corrected chi connectivity index (χ2v) is 5.04. The van der Waals surface area contributed by atoms with Crippen molar-refractivity contribution in [2.45, 2.75) is 38.2 Å². The number of ether oxygens (including phenoxy) is 2. The molecule has 1 unspecified atom stereocenters. The highest BCUT2D eigenvalue weighted by Gasteiger charge is 2.14. The highest BCUT2D eigenvalue weighted by molar-refractivity contribution is 5.46. The van der Waals surface area contributed by atoms with Crippen molar-refractivity contribution in [3.8, 4) is 17.6 Å². The van der Waals surface area contributed by atoms with Crippen molar-refractivity contribution in [1.82, 2.24) is 0 Å². The summed E-state index contributed by atoms with van der Waals surface area (Å²) in [5, 5.41) is 8.73. The lowest BCUT2D eigenvalue weighted by molar-refractivity contribution is 0.0981. The van der Waals surface area contributed by atoms with Gasteiger partial charge in [-0.3, -0.25) is 0 Å². The average molecular weight is 292 g/mol. The molecule has 1 aliphatic rings. The number of hydrogen-bond donors (Lipinski definition) is 1. The Morgan fingerprint density at radius 3 is 3.10 bits per heavy atom. The number of aliphatic hydroxyl groups is 1. The lowest BCUT2D eigenvalue weighted by Gasteiger charge is -2.11. The third-order valence-electron chi connectivity index (χ3n) is 3.35. The van der Waals surface area contributed by atoms with Crippen molar-refractivity contribution in [3.05, 3.63) is 29.6 Å². The van der Waals surface area contributed by atoms with E-state index in [1.54, 1.807) is 6.07 Å². The van der Waals surface area contributed by atoms with Gasteiger partial charge < -0.3 is 14.6 Å². The third-order valence-corrected chi connectivity index (χ3v) is 3.35. The first-order chi connectivity index (χ1) is 10.3. The van der Waals surface area contributed by atoms with Crippen LogP contribution in [0.1, 0.15) is 37.7 Å². The second kappa shape index (κ2) is 8.66. The predicted octanol–water partition coefficient (Wildman–Crippen LogP) is 2.90. The number of hydrogen-bond acceptors (Lipinski definition) is 3. The monoisotopic (exact) mass is 292 g/mol. The molecule has 1 fully saturated rings. The van der Waals surface area contributed by atoms with Gasteiger partial charge in [-0.1, -0.05) is 11.8 Å². The second-order valence-electron chi connectivity index (χ2n) is 5.04. The summed E-state index contributed by atoms with van der Waals surface area (Å²) in [7, 11) is 0. The highest BCUT2D eigenvalue weighted by Crippen LogP contribution is 2.20. The molecule has 3 nitrogen and oxygen atoms in total. The van der Waals surface area contributed by atoms with Crippen LogP contribution < -0.4 is 4.74 Å². The Labute approximate surface area is 125 Å². The SMILES string of the molecule is OCCC#Cc1cc(F)ccc1OCCCC1CCCO1. The van der Waals surface area contributed by atoms with Crippen LogP contribution in [0.2, 0.25) is 0 Å². The lowest BCUT2D eigenvalue weighted by atomic mass is 10.1. The van der Waals surface area contributed by atoms with Crippen LogP contribution in [-0.4, -0.2) is 31.0 Å². The minimum Gasteiger partial charge on any atom is -0.492 e. The topological polar surface area (TPSA) is 38.7 Å². The molecule has 4 heteroatoms. The summed E-state index contributed by atoms with van der Waals surface area (Å²) in [5.74, 6) is 5.88. The number of halogens is 1. The molecule has 0 radical (unpaired) electrons. The lowest BCUT2D eigenvalue weighted by Crippen LogP contribution is -2.08. The molecule has 0 spiro atoms. The fraction of sp³-hybridized carbons (Fsp3) is 0.529. The van der Waals surface area contributed by atoms with Crippen LogP contribution >= 0.6 is 0 Å². The zero-order valence-electron chi connectivity index (χ0n) is 12.1. The molecule has 2 rings (SSSR count). The van der Waals surface area contributed by atoms with Gasteiger partial charge in [0.15, 0.2) is 0 Å². The smallest absolute Gasteiger partial charge is 0.135 e. The quantitative estimate of drug-likeness (QED) is 0.647. The van der Waals surface area contributed by atoms with Crippen molar-refractivity contribution >= 4 is 0 Å². The van der Waals surface area contributed by atoms with Gasteiger partial charge in [0.2, 0.25) is 0 Å². The van der Waals surface area contributed by atoms with Gasteiger partial charge in [-0.05, 0) is 43.9 Å². The molecular formula is C17H21FO3. The molecule has 1 aliphatic heterocycles. The van der Waals surface area contributed by atoms with Gasteiger partial charge in [0, 0.05) is 13.0 Å². The maximum Gasteiger partial charge on any atom is 0.135 e. The number of rotatable bonds is 6. The van der Waals surface area contributed by atoms with Crippen molar-refractivity contribution in [3.63, 3.8) is 0 Å². The first-order valence-corrected chi connectivity index (χ1v) is 7.43. The van der Waals surface area contributed by atoms with Crippen LogP contribution in [0.25, 0.3) is 0 Å². The van der Waals surface area contributed by atoms with Gasteiger partial charge in [0.1, 0.15) is 11.6 Å². The highest BCUT2D eigenvalue weighted by atomic mass is 19.1. The van der Waals surface area contributed by atoms with E-state index in [1.165, 1.54) is 12.1 Å². The van der Waals surface area contributed by atoms with Crippen molar-refractivity contribution in [2.75, 3.05) is 19.8 Å². The number of benzene rings is 1. The Bertz CT molecular complexity index is 498. The zero-order chi connectivity index (χ0) is 14.9. The van der Waals surface area contributed by atoms with E-state index in [4.69, 9.17) is 14.6 Å². The standard InChI is InChI=1S/C17H21FO3/c18-15-8-9-17(14(13-15)5-1-2-10-19)21-12-4-7-16-6-3-11-20-16/h8-9,13,16,19H,2-4,6-7,10-12H2. The van der Waals surface area contributed by atoms with E-state index < -0.39 is 0 Å². The van der Waals surface area contributed by atoms with Gasteiger partial charge in [-0.2, -0.15) is 0 Å². The van der Waals surface area contributed by atoms with Gasteiger partial charge >= 0.3 is 0 Å². The molecule has 0 bridgehead atoms. The van der Waals surface area contributed by atoms with E-state index in [-0.39, 0.29) is 12.4 Å². The van der Waals surface area contributed by atoms with E-state index in [0.717, 1.165) is 32.3 Å².